The quantitative estimate of drug-likeness (QED) is 0.760. The molecule has 2 aromatic rings. The van der Waals surface area contributed by atoms with Crippen molar-refractivity contribution >= 4 is 22.9 Å². The molecule has 1 amide bonds. The molecule has 1 aromatic heterocycles. The van der Waals surface area contributed by atoms with Gasteiger partial charge >= 0.3 is 0 Å². The smallest absolute Gasteiger partial charge is 0.264 e. The Kier molecular flexibility index (Phi) is 6.20. The number of nitrogens with zero attached hydrogens (tertiary/aromatic N) is 2. The van der Waals surface area contributed by atoms with Crippen LogP contribution in [0.1, 0.15) is 40.4 Å². The number of carbonyl (C=O) groups excluding carboxylic acids is 1. The van der Waals surface area contributed by atoms with Gasteiger partial charge in [0.05, 0.1) is 12.0 Å². The topological polar surface area (TPSA) is 32.8 Å². The second-order valence-electron chi connectivity index (χ2n) is 6.64. The van der Waals surface area contributed by atoms with Gasteiger partial charge in [-0.15, -0.1) is 11.3 Å². The highest BCUT2D eigenvalue weighted by atomic mass is 32.1. The van der Waals surface area contributed by atoms with Gasteiger partial charge in [-0.1, -0.05) is 26.3 Å². The van der Waals surface area contributed by atoms with Gasteiger partial charge in [-0.25, -0.2) is 0 Å². The Morgan fingerprint density at radius 1 is 1.15 bits per heavy atom. The van der Waals surface area contributed by atoms with Crippen molar-refractivity contribution < 1.29 is 9.53 Å². The van der Waals surface area contributed by atoms with Gasteiger partial charge in [0.15, 0.2) is 0 Å². The average molecular weight is 373 g/mol. The lowest BCUT2D eigenvalue weighted by Crippen LogP contribution is -2.48. The van der Waals surface area contributed by atoms with Crippen LogP contribution in [-0.4, -0.2) is 44.1 Å². The van der Waals surface area contributed by atoms with E-state index in [1.54, 1.807) is 18.4 Å². The van der Waals surface area contributed by atoms with Gasteiger partial charge in [0, 0.05) is 42.8 Å². The summed E-state index contributed by atoms with van der Waals surface area (Å²) in [6, 6.07) is 10.2. The molecule has 0 saturated carbocycles. The molecule has 1 aliphatic rings. The fraction of sp³-hybridized carbons (Fsp3) is 0.476. The Balaban J connectivity index is 1.65. The molecule has 5 heteroatoms. The predicted molar refractivity (Wildman–Crippen MR) is 109 cm³/mol. The number of amides is 1. The fourth-order valence-electron chi connectivity index (χ4n) is 3.44. The van der Waals surface area contributed by atoms with E-state index >= 15 is 0 Å². The zero-order valence-corrected chi connectivity index (χ0v) is 16.8. The van der Waals surface area contributed by atoms with Crippen LogP contribution in [-0.2, 0) is 12.8 Å². The third kappa shape index (κ3) is 4.04. The van der Waals surface area contributed by atoms with Gasteiger partial charge in [-0.3, -0.25) is 4.79 Å². The molecule has 0 bridgehead atoms. The summed E-state index contributed by atoms with van der Waals surface area (Å²) < 4.78 is 5.32. The lowest BCUT2D eigenvalue weighted by Gasteiger charge is -2.36. The molecule has 0 radical (unpaired) electrons. The molecule has 0 N–H and O–H groups in total. The normalized spacial score (nSPS) is 14.6. The van der Waals surface area contributed by atoms with Gasteiger partial charge < -0.3 is 14.5 Å². The zero-order chi connectivity index (χ0) is 18.5. The summed E-state index contributed by atoms with van der Waals surface area (Å²) in [6.07, 6.45) is 3.20. The van der Waals surface area contributed by atoms with Crippen molar-refractivity contribution in [1.82, 2.24) is 4.90 Å². The third-order valence-corrected chi connectivity index (χ3v) is 6.18. The van der Waals surface area contributed by atoms with Crippen LogP contribution >= 0.6 is 11.3 Å². The minimum absolute atomic E-state index is 0.192. The van der Waals surface area contributed by atoms with Crippen molar-refractivity contribution in [3.8, 4) is 5.75 Å². The molecular formula is C21H28N2O2S. The summed E-state index contributed by atoms with van der Waals surface area (Å²) in [4.78, 5) is 19.5. The summed E-state index contributed by atoms with van der Waals surface area (Å²) in [6.45, 7) is 7.59. The van der Waals surface area contributed by atoms with E-state index < -0.39 is 0 Å². The van der Waals surface area contributed by atoms with Crippen molar-refractivity contribution in [2.45, 2.75) is 33.1 Å². The highest BCUT2D eigenvalue weighted by molar-refractivity contribution is 7.14. The molecule has 1 fully saturated rings. The van der Waals surface area contributed by atoms with Gasteiger partial charge in [0.25, 0.3) is 5.91 Å². The summed E-state index contributed by atoms with van der Waals surface area (Å²) >= 11 is 1.69. The number of ether oxygens (including phenoxy) is 1. The van der Waals surface area contributed by atoms with Crippen LogP contribution in [0.4, 0.5) is 5.69 Å². The van der Waals surface area contributed by atoms with E-state index in [9.17, 15) is 4.79 Å². The number of rotatable bonds is 6. The number of thiophene rings is 1. The van der Waals surface area contributed by atoms with Crippen LogP contribution in [0.25, 0.3) is 0 Å². The van der Waals surface area contributed by atoms with Crippen molar-refractivity contribution in [2.75, 3.05) is 38.2 Å². The molecular weight excluding hydrogens is 344 g/mol. The van der Waals surface area contributed by atoms with E-state index in [1.807, 2.05) is 17.0 Å². The number of anilines is 1. The maximum absolute atomic E-state index is 12.9. The van der Waals surface area contributed by atoms with E-state index in [0.717, 1.165) is 61.8 Å². The minimum atomic E-state index is 0.192. The molecule has 26 heavy (non-hydrogen) atoms. The second kappa shape index (κ2) is 8.58. The van der Waals surface area contributed by atoms with Crippen LogP contribution in [0.3, 0.4) is 0 Å². The number of aryl methyl sites for hydroxylation is 2. The van der Waals surface area contributed by atoms with Crippen molar-refractivity contribution in [3.63, 3.8) is 0 Å². The van der Waals surface area contributed by atoms with E-state index in [-0.39, 0.29) is 5.91 Å². The lowest BCUT2D eigenvalue weighted by molar-refractivity contribution is 0.0751. The van der Waals surface area contributed by atoms with Crippen molar-refractivity contribution in [2.24, 2.45) is 0 Å². The Morgan fingerprint density at radius 2 is 1.92 bits per heavy atom. The van der Waals surface area contributed by atoms with Crippen LogP contribution in [0.2, 0.25) is 0 Å². The highest BCUT2D eigenvalue weighted by Crippen LogP contribution is 2.27. The number of carbonyl (C=O) groups is 1. The molecule has 0 aliphatic carbocycles. The largest absolute Gasteiger partial charge is 0.497 e. The Morgan fingerprint density at radius 3 is 2.58 bits per heavy atom. The Labute approximate surface area is 160 Å². The van der Waals surface area contributed by atoms with E-state index in [0.29, 0.717) is 0 Å². The second-order valence-corrected chi connectivity index (χ2v) is 7.78. The molecule has 3 rings (SSSR count). The van der Waals surface area contributed by atoms with Gasteiger partial charge in [0.2, 0.25) is 0 Å². The van der Waals surface area contributed by atoms with Crippen LogP contribution in [0.15, 0.2) is 30.3 Å². The van der Waals surface area contributed by atoms with Gasteiger partial charge in [-0.2, -0.15) is 0 Å². The number of hydrogen-bond acceptors (Lipinski definition) is 4. The first kappa shape index (κ1) is 18.8. The van der Waals surface area contributed by atoms with E-state index in [1.165, 1.54) is 10.4 Å². The van der Waals surface area contributed by atoms with Crippen molar-refractivity contribution in [3.05, 3.63) is 45.6 Å². The summed E-state index contributed by atoms with van der Waals surface area (Å²) in [5, 5.41) is 0. The molecule has 1 aromatic carbocycles. The SMILES string of the molecule is CCCc1sc(C(=O)N2CCN(c3cccc(OC)c3)CC2)cc1CC. The van der Waals surface area contributed by atoms with Crippen LogP contribution in [0, 0.1) is 0 Å². The predicted octanol–water partition coefficient (Wildman–Crippen LogP) is 4.23. The molecule has 2 heterocycles. The maximum Gasteiger partial charge on any atom is 0.264 e. The Hall–Kier alpha value is -2.01. The number of piperazine rings is 1. The molecule has 0 unspecified atom stereocenters. The Bertz CT molecular complexity index is 748. The molecule has 1 aliphatic heterocycles. The minimum Gasteiger partial charge on any atom is -0.497 e. The molecule has 1 saturated heterocycles. The lowest BCUT2D eigenvalue weighted by atomic mass is 10.1. The summed E-state index contributed by atoms with van der Waals surface area (Å²) in [5.74, 6) is 1.06. The summed E-state index contributed by atoms with van der Waals surface area (Å²) in [7, 11) is 1.69. The first-order valence-electron chi connectivity index (χ1n) is 9.46. The van der Waals surface area contributed by atoms with Crippen LogP contribution < -0.4 is 9.64 Å². The zero-order valence-electron chi connectivity index (χ0n) is 16.0. The first-order valence-corrected chi connectivity index (χ1v) is 10.3. The molecule has 4 nitrogen and oxygen atoms in total. The van der Waals surface area contributed by atoms with E-state index in [2.05, 4.69) is 36.9 Å². The molecule has 0 atom stereocenters. The first-order chi connectivity index (χ1) is 12.7. The maximum atomic E-state index is 12.9. The van der Waals surface area contributed by atoms with E-state index in [4.69, 9.17) is 4.74 Å². The number of hydrogen-bond donors (Lipinski definition) is 0. The highest BCUT2D eigenvalue weighted by Gasteiger charge is 2.24. The fourth-order valence-corrected chi connectivity index (χ4v) is 4.76. The molecule has 0 spiro atoms. The number of benzene rings is 1. The van der Waals surface area contributed by atoms with Gasteiger partial charge in [0.1, 0.15) is 5.75 Å². The molecule has 140 valence electrons. The van der Waals surface area contributed by atoms with Crippen LogP contribution in [0.5, 0.6) is 5.75 Å². The number of methoxy groups -OCH3 is 1. The van der Waals surface area contributed by atoms with Crippen molar-refractivity contribution in [1.29, 1.82) is 0 Å². The van der Waals surface area contributed by atoms with Gasteiger partial charge in [-0.05, 0) is 36.6 Å². The standard InChI is InChI=1S/C21H28N2O2S/c1-4-7-19-16(5-2)14-20(26-19)21(24)23-12-10-22(11-13-23)17-8-6-9-18(15-17)25-3/h6,8-9,14-15H,4-5,7,10-13H2,1-3H3. The summed E-state index contributed by atoms with van der Waals surface area (Å²) in [5.41, 5.74) is 2.50. The third-order valence-electron chi connectivity index (χ3n) is 4.95. The monoisotopic (exact) mass is 372 g/mol. The average Bonchev–Trinajstić information content (AvgIpc) is 3.11.